The number of hydrogen-bond acceptors (Lipinski definition) is 4. The van der Waals surface area contributed by atoms with Crippen LogP contribution in [0.1, 0.15) is 31.5 Å². The maximum Gasteiger partial charge on any atom is 0.146 e. The summed E-state index contributed by atoms with van der Waals surface area (Å²) in [7, 11) is 4.22. The molecule has 5 heteroatoms. The van der Waals surface area contributed by atoms with Crippen LogP contribution in [0.5, 0.6) is 0 Å². The molecule has 96 valence electrons. The molecular formula is C12H23N5. The van der Waals surface area contributed by atoms with Crippen molar-refractivity contribution in [3.05, 3.63) is 12.2 Å². The van der Waals surface area contributed by atoms with Crippen LogP contribution in [0.4, 0.5) is 0 Å². The third-order valence-electron chi connectivity index (χ3n) is 3.66. The molecule has 0 amide bonds. The van der Waals surface area contributed by atoms with Gasteiger partial charge in [-0.3, -0.25) is 0 Å². The van der Waals surface area contributed by atoms with Crippen molar-refractivity contribution in [3.63, 3.8) is 0 Å². The van der Waals surface area contributed by atoms with Gasteiger partial charge in [-0.1, -0.05) is 6.42 Å². The number of nitrogens with one attached hydrogen (secondary N) is 1. The topological polar surface area (TPSA) is 46.0 Å². The second-order valence-electron chi connectivity index (χ2n) is 4.95. The molecule has 1 unspecified atom stereocenters. The van der Waals surface area contributed by atoms with E-state index < -0.39 is 0 Å². The lowest BCUT2D eigenvalue weighted by molar-refractivity contribution is 0.175. The van der Waals surface area contributed by atoms with Crippen LogP contribution in [0.3, 0.4) is 0 Å². The summed E-state index contributed by atoms with van der Waals surface area (Å²) in [4.78, 5) is 2.49. The lowest BCUT2D eigenvalue weighted by Gasteiger charge is -2.32. The SMILES string of the molecule is CN1CCCCC1CCNCc1nncn1C. The molecule has 1 atom stereocenters. The Balaban J connectivity index is 1.64. The van der Waals surface area contributed by atoms with Gasteiger partial charge in [-0.25, -0.2) is 0 Å². The minimum absolute atomic E-state index is 0.760. The van der Waals surface area contributed by atoms with E-state index in [0.717, 1.165) is 25.0 Å². The zero-order valence-corrected chi connectivity index (χ0v) is 10.9. The van der Waals surface area contributed by atoms with E-state index in [2.05, 4.69) is 27.5 Å². The van der Waals surface area contributed by atoms with Gasteiger partial charge in [-0.15, -0.1) is 10.2 Å². The van der Waals surface area contributed by atoms with Crippen molar-refractivity contribution in [3.8, 4) is 0 Å². The monoisotopic (exact) mass is 237 g/mol. The van der Waals surface area contributed by atoms with E-state index in [1.807, 2.05) is 11.6 Å². The molecule has 1 aliphatic heterocycles. The normalized spacial score (nSPS) is 21.9. The Morgan fingerprint density at radius 1 is 1.41 bits per heavy atom. The average Bonchev–Trinajstić information content (AvgIpc) is 2.73. The van der Waals surface area contributed by atoms with E-state index in [0.29, 0.717) is 0 Å². The Kier molecular flexibility index (Phi) is 4.50. The fourth-order valence-electron chi connectivity index (χ4n) is 2.44. The fraction of sp³-hybridized carbons (Fsp3) is 0.833. The molecule has 1 saturated heterocycles. The molecule has 0 aromatic carbocycles. The van der Waals surface area contributed by atoms with E-state index in [-0.39, 0.29) is 0 Å². The summed E-state index contributed by atoms with van der Waals surface area (Å²) in [6, 6.07) is 0.760. The van der Waals surface area contributed by atoms with Gasteiger partial charge in [0, 0.05) is 13.1 Å². The van der Waals surface area contributed by atoms with Gasteiger partial charge in [0.25, 0.3) is 0 Å². The number of rotatable bonds is 5. The molecule has 0 bridgehead atoms. The lowest BCUT2D eigenvalue weighted by Crippen LogP contribution is -2.38. The minimum atomic E-state index is 0.760. The van der Waals surface area contributed by atoms with Crippen molar-refractivity contribution < 1.29 is 0 Å². The van der Waals surface area contributed by atoms with Crippen molar-refractivity contribution in [1.82, 2.24) is 25.0 Å². The van der Waals surface area contributed by atoms with Crippen LogP contribution in [0.2, 0.25) is 0 Å². The largest absolute Gasteiger partial charge is 0.320 e. The Hall–Kier alpha value is -0.940. The average molecular weight is 237 g/mol. The lowest BCUT2D eigenvalue weighted by atomic mass is 10.0. The van der Waals surface area contributed by atoms with Gasteiger partial charge >= 0.3 is 0 Å². The van der Waals surface area contributed by atoms with Gasteiger partial charge in [-0.05, 0) is 39.4 Å². The van der Waals surface area contributed by atoms with Crippen molar-refractivity contribution in [2.75, 3.05) is 20.1 Å². The van der Waals surface area contributed by atoms with E-state index in [1.54, 1.807) is 6.33 Å². The molecule has 1 aromatic rings. The van der Waals surface area contributed by atoms with Crippen LogP contribution < -0.4 is 5.32 Å². The van der Waals surface area contributed by atoms with Gasteiger partial charge in [0.05, 0.1) is 6.54 Å². The van der Waals surface area contributed by atoms with Gasteiger partial charge < -0.3 is 14.8 Å². The van der Waals surface area contributed by atoms with E-state index in [9.17, 15) is 0 Å². The smallest absolute Gasteiger partial charge is 0.146 e. The minimum Gasteiger partial charge on any atom is -0.320 e. The molecule has 5 nitrogen and oxygen atoms in total. The molecule has 0 spiro atoms. The Morgan fingerprint density at radius 3 is 3.00 bits per heavy atom. The zero-order valence-electron chi connectivity index (χ0n) is 10.9. The first kappa shape index (κ1) is 12.5. The summed E-state index contributed by atoms with van der Waals surface area (Å²) in [5.74, 6) is 1.00. The van der Waals surface area contributed by atoms with Crippen LogP contribution in [0, 0.1) is 0 Å². The summed E-state index contributed by atoms with van der Waals surface area (Å²) in [5.41, 5.74) is 0. The standard InChI is InChI=1S/C12H23N5/c1-16-8-4-3-5-11(16)6-7-13-9-12-15-14-10-17(12)2/h10-11,13H,3-9H2,1-2H3. The summed E-state index contributed by atoms with van der Waals surface area (Å²) < 4.78 is 1.96. The number of aryl methyl sites for hydroxylation is 1. The van der Waals surface area contributed by atoms with Gasteiger partial charge in [0.2, 0.25) is 0 Å². The highest BCUT2D eigenvalue weighted by Gasteiger charge is 2.17. The van der Waals surface area contributed by atoms with Crippen molar-refractivity contribution in [2.45, 2.75) is 38.3 Å². The molecule has 2 rings (SSSR count). The molecule has 1 aliphatic rings. The number of aromatic nitrogens is 3. The highest BCUT2D eigenvalue weighted by molar-refractivity contribution is 4.83. The Bertz CT molecular complexity index is 335. The Labute approximate surface area is 103 Å². The van der Waals surface area contributed by atoms with Gasteiger partial charge in [-0.2, -0.15) is 0 Å². The molecule has 1 aromatic heterocycles. The quantitative estimate of drug-likeness (QED) is 0.769. The Morgan fingerprint density at radius 2 is 2.29 bits per heavy atom. The highest BCUT2D eigenvalue weighted by Crippen LogP contribution is 2.16. The molecule has 1 fully saturated rings. The number of nitrogens with zero attached hydrogens (tertiary/aromatic N) is 4. The van der Waals surface area contributed by atoms with Crippen molar-refractivity contribution in [1.29, 1.82) is 0 Å². The summed E-state index contributed by atoms with van der Waals surface area (Å²) >= 11 is 0. The number of piperidine rings is 1. The molecule has 0 radical (unpaired) electrons. The van der Waals surface area contributed by atoms with Crippen LogP contribution >= 0.6 is 0 Å². The van der Waals surface area contributed by atoms with Crippen LogP contribution in [0.15, 0.2) is 6.33 Å². The summed E-state index contributed by atoms with van der Waals surface area (Å²) in [6.45, 7) is 3.13. The molecule has 0 saturated carbocycles. The number of likely N-dealkylation sites (tertiary alicyclic amines) is 1. The van der Waals surface area contributed by atoms with Crippen LogP contribution in [-0.4, -0.2) is 45.8 Å². The van der Waals surface area contributed by atoms with E-state index in [1.165, 1.54) is 32.2 Å². The van der Waals surface area contributed by atoms with Gasteiger partial charge in [0.15, 0.2) is 0 Å². The third-order valence-corrected chi connectivity index (χ3v) is 3.66. The highest BCUT2D eigenvalue weighted by atomic mass is 15.3. The third kappa shape index (κ3) is 3.51. The molecule has 2 heterocycles. The summed E-state index contributed by atoms with van der Waals surface area (Å²) in [5, 5.41) is 11.4. The predicted octanol–water partition coefficient (Wildman–Crippen LogP) is 0.779. The summed E-state index contributed by atoms with van der Waals surface area (Å²) in [6.07, 6.45) is 7.07. The predicted molar refractivity (Wildman–Crippen MR) is 67.6 cm³/mol. The second-order valence-corrected chi connectivity index (χ2v) is 4.95. The fourth-order valence-corrected chi connectivity index (χ4v) is 2.44. The van der Waals surface area contributed by atoms with Gasteiger partial charge in [0.1, 0.15) is 12.2 Å². The maximum absolute atomic E-state index is 4.06. The maximum atomic E-state index is 4.06. The molecule has 0 aliphatic carbocycles. The van der Waals surface area contributed by atoms with E-state index in [4.69, 9.17) is 0 Å². The molecule has 1 N–H and O–H groups in total. The van der Waals surface area contributed by atoms with Crippen LogP contribution in [0.25, 0.3) is 0 Å². The van der Waals surface area contributed by atoms with Crippen molar-refractivity contribution in [2.24, 2.45) is 7.05 Å². The van der Waals surface area contributed by atoms with E-state index >= 15 is 0 Å². The van der Waals surface area contributed by atoms with Crippen LogP contribution in [-0.2, 0) is 13.6 Å². The second kappa shape index (κ2) is 6.12. The first-order chi connectivity index (χ1) is 8.27. The van der Waals surface area contributed by atoms with Crippen molar-refractivity contribution >= 4 is 0 Å². The first-order valence-corrected chi connectivity index (χ1v) is 6.51. The molecule has 17 heavy (non-hydrogen) atoms. The number of hydrogen-bond donors (Lipinski definition) is 1. The molecular weight excluding hydrogens is 214 g/mol. The zero-order chi connectivity index (χ0) is 12.1. The first-order valence-electron chi connectivity index (χ1n) is 6.51.